The van der Waals surface area contributed by atoms with Crippen molar-refractivity contribution in [3.63, 3.8) is 0 Å². The van der Waals surface area contributed by atoms with Gasteiger partial charge in [0.25, 0.3) is 0 Å². The SMILES string of the molecule is Cc1nc2nc(N)cc(-c3cc4cc(C(O[Si](C)C)C(C)(C)C)ccc4[nH]3)c2[nH]1. The molecule has 151 valence electrons. The van der Waals surface area contributed by atoms with Gasteiger partial charge in [-0.15, -0.1) is 0 Å². The van der Waals surface area contributed by atoms with E-state index in [0.717, 1.165) is 33.5 Å². The van der Waals surface area contributed by atoms with Crippen LogP contribution in [0.5, 0.6) is 0 Å². The molecule has 1 atom stereocenters. The van der Waals surface area contributed by atoms with Gasteiger partial charge in [0.05, 0.1) is 11.6 Å². The van der Waals surface area contributed by atoms with Crippen molar-refractivity contribution in [3.8, 4) is 11.3 Å². The summed E-state index contributed by atoms with van der Waals surface area (Å²) < 4.78 is 6.37. The predicted octanol–water partition coefficient (Wildman–Crippen LogP) is 5.35. The van der Waals surface area contributed by atoms with Crippen LogP contribution in [-0.2, 0) is 4.43 Å². The van der Waals surface area contributed by atoms with Gasteiger partial charge >= 0.3 is 0 Å². The number of imidazole rings is 1. The highest BCUT2D eigenvalue weighted by Gasteiger charge is 2.28. The molecule has 7 heteroatoms. The molecule has 0 saturated heterocycles. The smallest absolute Gasteiger partial charge is 0.205 e. The van der Waals surface area contributed by atoms with E-state index in [1.165, 1.54) is 5.56 Å². The summed E-state index contributed by atoms with van der Waals surface area (Å²) in [7, 11) is -0.819. The molecule has 0 aliphatic carbocycles. The molecule has 6 nitrogen and oxygen atoms in total. The van der Waals surface area contributed by atoms with Gasteiger partial charge in [0, 0.05) is 22.2 Å². The summed E-state index contributed by atoms with van der Waals surface area (Å²) in [5.74, 6) is 1.28. The van der Waals surface area contributed by atoms with Crippen molar-refractivity contribution in [1.29, 1.82) is 0 Å². The highest BCUT2D eigenvalue weighted by atomic mass is 28.3. The van der Waals surface area contributed by atoms with E-state index in [9.17, 15) is 0 Å². The van der Waals surface area contributed by atoms with Crippen molar-refractivity contribution in [1.82, 2.24) is 19.9 Å². The standard InChI is InChI=1S/C22H28N5OSi/c1-12-24-19-15(11-18(23)27-21(19)25-12)17-10-14-9-13(7-8-16(14)26-17)20(22(2,3)4)28-29(5)6/h7-11,20,26H,1-6H3,(H3,23,24,25,27). The minimum absolute atomic E-state index is 0.0217. The lowest BCUT2D eigenvalue weighted by atomic mass is 9.84. The molecule has 4 N–H and O–H groups in total. The van der Waals surface area contributed by atoms with Crippen molar-refractivity contribution >= 4 is 36.9 Å². The van der Waals surface area contributed by atoms with Crippen molar-refractivity contribution in [3.05, 3.63) is 41.7 Å². The fraction of sp³-hybridized carbons (Fsp3) is 0.364. The number of nitrogens with one attached hydrogen (secondary N) is 2. The number of H-pyrrole nitrogens is 2. The zero-order valence-corrected chi connectivity index (χ0v) is 18.8. The van der Waals surface area contributed by atoms with E-state index in [-0.39, 0.29) is 11.5 Å². The summed E-state index contributed by atoms with van der Waals surface area (Å²) in [4.78, 5) is 15.6. The maximum Gasteiger partial charge on any atom is 0.205 e. The number of aromatic amines is 2. The number of aryl methyl sites for hydroxylation is 1. The molecule has 0 fully saturated rings. The summed E-state index contributed by atoms with van der Waals surface area (Å²) in [5, 5.41) is 1.15. The zero-order chi connectivity index (χ0) is 20.9. The van der Waals surface area contributed by atoms with Gasteiger partial charge < -0.3 is 20.1 Å². The number of aromatic nitrogens is 4. The number of rotatable bonds is 4. The van der Waals surface area contributed by atoms with Crippen molar-refractivity contribution in [2.24, 2.45) is 5.41 Å². The molecule has 1 radical (unpaired) electrons. The molecule has 1 unspecified atom stereocenters. The van der Waals surface area contributed by atoms with Gasteiger partial charge in [0.15, 0.2) is 5.65 Å². The van der Waals surface area contributed by atoms with Gasteiger partial charge in [-0.3, -0.25) is 0 Å². The van der Waals surface area contributed by atoms with E-state index < -0.39 is 9.04 Å². The second-order valence-corrected chi connectivity index (χ2v) is 11.0. The summed E-state index contributed by atoms with van der Waals surface area (Å²) in [6, 6.07) is 10.6. The summed E-state index contributed by atoms with van der Waals surface area (Å²) in [6.07, 6.45) is 0.0627. The lowest BCUT2D eigenvalue weighted by Gasteiger charge is -2.32. The van der Waals surface area contributed by atoms with Crippen LogP contribution in [0, 0.1) is 12.3 Å². The second kappa shape index (κ2) is 7.00. The van der Waals surface area contributed by atoms with Gasteiger partial charge in [0.1, 0.15) is 11.6 Å². The number of nitrogen functional groups attached to an aromatic ring is 1. The van der Waals surface area contributed by atoms with E-state index in [1.807, 2.05) is 13.0 Å². The molecular formula is C22H28N5OSi. The molecule has 0 spiro atoms. The van der Waals surface area contributed by atoms with E-state index in [4.69, 9.17) is 10.2 Å². The van der Waals surface area contributed by atoms with Crippen molar-refractivity contribution in [2.45, 2.75) is 46.9 Å². The monoisotopic (exact) mass is 406 g/mol. The number of hydrogen-bond acceptors (Lipinski definition) is 4. The third-order valence-electron chi connectivity index (χ3n) is 4.98. The minimum atomic E-state index is -0.819. The van der Waals surface area contributed by atoms with Crippen LogP contribution in [0.4, 0.5) is 5.82 Å². The lowest BCUT2D eigenvalue weighted by Crippen LogP contribution is -2.25. The van der Waals surface area contributed by atoms with E-state index in [1.54, 1.807) is 0 Å². The van der Waals surface area contributed by atoms with Crippen LogP contribution in [-0.4, -0.2) is 29.0 Å². The van der Waals surface area contributed by atoms with Crippen molar-refractivity contribution in [2.75, 3.05) is 5.73 Å². The topological polar surface area (TPSA) is 92.6 Å². The van der Waals surface area contributed by atoms with Gasteiger partial charge in [-0.1, -0.05) is 26.8 Å². The van der Waals surface area contributed by atoms with Crippen LogP contribution < -0.4 is 5.73 Å². The Morgan fingerprint density at radius 2 is 1.83 bits per heavy atom. The van der Waals surface area contributed by atoms with Gasteiger partial charge in [-0.25, -0.2) is 9.97 Å². The normalized spacial score (nSPS) is 13.6. The average molecular weight is 407 g/mol. The maximum atomic E-state index is 6.37. The van der Waals surface area contributed by atoms with Crippen LogP contribution in [0.2, 0.25) is 13.1 Å². The third-order valence-corrected chi connectivity index (χ3v) is 5.68. The van der Waals surface area contributed by atoms with E-state index in [0.29, 0.717) is 11.5 Å². The number of nitrogens with two attached hydrogens (primary N) is 1. The molecule has 0 bridgehead atoms. The minimum Gasteiger partial charge on any atom is -0.410 e. The largest absolute Gasteiger partial charge is 0.410 e. The highest BCUT2D eigenvalue weighted by Crippen LogP contribution is 2.38. The molecule has 0 amide bonds. The molecule has 0 aliphatic heterocycles. The fourth-order valence-corrected chi connectivity index (χ4v) is 4.74. The predicted molar refractivity (Wildman–Crippen MR) is 121 cm³/mol. The second-order valence-electron chi connectivity index (χ2n) is 8.92. The van der Waals surface area contributed by atoms with Gasteiger partial charge in [-0.05, 0) is 55.3 Å². The first-order valence-corrected chi connectivity index (χ1v) is 12.3. The Labute approximate surface area is 172 Å². The molecule has 3 heterocycles. The molecule has 4 rings (SSSR count). The van der Waals surface area contributed by atoms with Crippen molar-refractivity contribution < 1.29 is 4.43 Å². The summed E-state index contributed by atoms with van der Waals surface area (Å²) >= 11 is 0. The molecular weight excluding hydrogens is 378 g/mol. The zero-order valence-electron chi connectivity index (χ0n) is 17.8. The highest BCUT2D eigenvalue weighted by molar-refractivity contribution is 6.48. The van der Waals surface area contributed by atoms with Gasteiger partial charge in [-0.2, -0.15) is 0 Å². The Kier molecular flexibility index (Phi) is 4.75. The van der Waals surface area contributed by atoms with E-state index in [2.05, 4.69) is 78.1 Å². The number of pyridine rings is 1. The van der Waals surface area contributed by atoms with E-state index >= 15 is 0 Å². The van der Waals surface area contributed by atoms with Gasteiger partial charge in [0.2, 0.25) is 9.04 Å². The van der Waals surface area contributed by atoms with Crippen LogP contribution in [0.25, 0.3) is 33.3 Å². The molecule has 29 heavy (non-hydrogen) atoms. The molecule has 0 saturated carbocycles. The van der Waals surface area contributed by atoms with Crippen LogP contribution >= 0.6 is 0 Å². The first kappa shape index (κ1) is 19.7. The van der Waals surface area contributed by atoms with Crippen LogP contribution in [0.1, 0.15) is 38.3 Å². The number of nitrogens with zero attached hydrogens (tertiary/aromatic N) is 2. The molecule has 1 aromatic carbocycles. The summed E-state index contributed by atoms with van der Waals surface area (Å²) in [5.41, 5.74) is 11.8. The first-order valence-electron chi connectivity index (χ1n) is 9.84. The van der Waals surface area contributed by atoms with Crippen LogP contribution in [0.15, 0.2) is 30.3 Å². The molecule has 0 aliphatic rings. The lowest BCUT2D eigenvalue weighted by molar-refractivity contribution is 0.0867. The Balaban J connectivity index is 1.82. The number of benzene rings is 1. The number of anilines is 1. The first-order chi connectivity index (χ1) is 13.6. The van der Waals surface area contributed by atoms with Crippen LogP contribution in [0.3, 0.4) is 0 Å². The Hall–Kier alpha value is -2.64. The quantitative estimate of drug-likeness (QED) is 0.398. The maximum absolute atomic E-state index is 6.37. The Morgan fingerprint density at radius 1 is 1.07 bits per heavy atom. The molecule has 4 aromatic rings. The third kappa shape index (κ3) is 3.80. The molecule has 3 aromatic heterocycles. The summed E-state index contributed by atoms with van der Waals surface area (Å²) in [6.45, 7) is 13.0. The number of hydrogen-bond donors (Lipinski definition) is 3. The number of fused-ring (bicyclic) bond motifs is 2. The average Bonchev–Trinajstić information content (AvgIpc) is 3.19. The fourth-order valence-electron chi connectivity index (χ4n) is 3.78. The Bertz CT molecular complexity index is 1190. The Morgan fingerprint density at radius 3 is 2.52 bits per heavy atom.